The molecule has 0 bridgehead atoms. The molecule has 8 N–H and O–H groups in total. The summed E-state index contributed by atoms with van der Waals surface area (Å²) in [5.41, 5.74) is 0.679. The fourth-order valence-corrected chi connectivity index (χ4v) is 5.14. The number of carbonyl (C=O) groups is 7. The van der Waals surface area contributed by atoms with E-state index in [9.17, 15) is 48.6 Å². The minimum Gasteiger partial charge on any atom is -0.481 e. The van der Waals surface area contributed by atoms with Gasteiger partial charge in [0.25, 0.3) is 0 Å². The highest BCUT2D eigenvalue weighted by molar-refractivity contribution is 6.01. The van der Waals surface area contributed by atoms with Gasteiger partial charge in [0.15, 0.2) is 0 Å². The molecule has 0 saturated heterocycles. The lowest BCUT2D eigenvalue weighted by Crippen LogP contribution is -2.58. The smallest absolute Gasteiger partial charge is 0.336 e. The summed E-state index contributed by atoms with van der Waals surface area (Å²) >= 11 is 0. The Bertz CT molecular complexity index is 1820. The molecule has 274 valence electrons. The molecule has 2 aromatic heterocycles. The number of hydrogen-bond donors (Lipinski definition) is 8. The van der Waals surface area contributed by atoms with Crippen molar-refractivity contribution in [2.75, 3.05) is 5.32 Å². The van der Waals surface area contributed by atoms with E-state index in [4.69, 9.17) is 4.42 Å². The predicted molar refractivity (Wildman–Crippen MR) is 180 cm³/mol. The number of benzene rings is 1. The number of aryl methyl sites for hydroxylation is 1. The van der Waals surface area contributed by atoms with E-state index in [1.807, 2.05) is 13.8 Å². The van der Waals surface area contributed by atoms with Crippen molar-refractivity contribution in [3.63, 3.8) is 0 Å². The number of nitrogens with zero attached hydrogens (tertiary/aromatic N) is 1. The second kappa shape index (κ2) is 18.1. The van der Waals surface area contributed by atoms with Crippen LogP contribution in [0.15, 0.2) is 46.0 Å². The lowest BCUT2D eigenvalue weighted by atomic mass is 10.0. The number of aliphatic carboxylic acids is 2. The van der Waals surface area contributed by atoms with Crippen molar-refractivity contribution in [2.24, 2.45) is 5.92 Å². The van der Waals surface area contributed by atoms with E-state index in [1.54, 1.807) is 13.0 Å². The van der Waals surface area contributed by atoms with Crippen LogP contribution in [0.1, 0.15) is 57.7 Å². The fourth-order valence-electron chi connectivity index (χ4n) is 5.14. The number of imidazole rings is 1. The fraction of sp³-hybridized carbons (Fsp3) is 0.424. The number of carboxylic acid groups (broad SMARTS) is 2. The maximum atomic E-state index is 13.7. The Morgan fingerprint density at radius 1 is 0.843 bits per heavy atom. The van der Waals surface area contributed by atoms with Crippen LogP contribution in [-0.2, 0) is 40.0 Å². The van der Waals surface area contributed by atoms with Crippen molar-refractivity contribution in [3.05, 3.63) is 58.5 Å². The normalized spacial score (nSPS) is 13.4. The molecule has 0 aliphatic rings. The molecule has 0 fully saturated rings. The van der Waals surface area contributed by atoms with Gasteiger partial charge in [-0.25, -0.2) is 9.78 Å². The first-order chi connectivity index (χ1) is 24.0. The molecule has 0 unspecified atom stereocenters. The van der Waals surface area contributed by atoms with Crippen LogP contribution in [0.3, 0.4) is 0 Å². The summed E-state index contributed by atoms with van der Waals surface area (Å²) in [5, 5.41) is 31.7. The molecule has 1 aromatic carbocycles. The van der Waals surface area contributed by atoms with Crippen LogP contribution in [-0.4, -0.2) is 85.8 Å². The molecule has 0 spiro atoms. The zero-order chi connectivity index (χ0) is 37.8. The van der Waals surface area contributed by atoms with Crippen molar-refractivity contribution in [3.8, 4) is 0 Å². The molecule has 0 aliphatic carbocycles. The summed E-state index contributed by atoms with van der Waals surface area (Å²) in [4.78, 5) is 107. The van der Waals surface area contributed by atoms with Crippen molar-refractivity contribution >= 4 is 58.1 Å². The van der Waals surface area contributed by atoms with Crippen molar-refractivity contribution in [1.29, 1.82) is 0 Å². The van der Waals surface area contributed by atoms with E-state index in [0.29, 0.717) is 16.6 Å². The highest BCUT2D eigenvalue weighted by atomic mass is 16.4. The number of rotatable bonds is 18. The van der Waals surface area contributed by atoms with Gasteiger partial charge in [0.2, 0.25) is 29.5 Å². The number of hydrogen-bond acceptors (Lipinski definition) is 10. The summed E-state index contributed by atoms with van der Waals surface area (Å²) in [6.07, 6.45) is 0.877. The topological polar surface area (TPSA) is 279 Å². The highest BCUT2D eigenvalue weighted by Gasteiger charge is 2.33. The van der Waals surface area contributed by atoms with Gasteiger partial charge in [-0.05, 0) is 43.4 Å². The van der Waals surface area contributed by atoms with Gasteiger partial charge in [0.1, 0.15) is 29.8 Å². The van der Waals surface area contributed by atoms with Crippen LogP contribution < -0.4 is 32.2 Å². The summed E-state index contributed by atoms with van der Waals surface area (Å²) in [7, 11) is 0. The van der Waals surface area contributed by atoms with E-state index in [2.05, 4.69) is 36.6 Å². The van der Waals surface area contributed by atoms with Gasteiger partial charge in [-0.15, -0.1) is 0 Å². The maximum absolute atomic E-state index is 13.7. The molecular weight excluding hydrogens is 670 g/mol. The number of anilines is 1. The molecule has 51 heavy (non-hydrogen) atoms. The third-order valence-electron chi connectivity index (χ3n) is 7.52. The molecule has 18 nitrogen and oxygen atoms in total. The average molecular weight is 712 g/mol. The monoisotopic (exact) mass is 711 g/mol. The van der Waals surface area contributed by atoms with Crippen molar-refractivity contribution in [2.45, 2.75) is 84.0 Å². The first-order valence-electron chi connectivity index (χ1n) is 16.0. The maximum Gasteiger partial charge on any atom is 0.336 e. The van der Waals surface area contributed by atoms with E-state index in [1.165, 1.54) is 37.6 Å². The third kappa shape index (κ3) is 12.4. The number of aromatic amines is 1. The Hall–Kier alpha value is -6.07. The molecule has 5 amide bonds. The van der Waals surface area contributed by atoms with Gasteiger partial charge in [-0.1, -0.05) is 13.8 Å². The Balaban J connectivity index is 1.85. The number of H-pyrrole nitrogens is 1. The van der Waals surface area contributed by atoms with Crippen LogP contribution >= 0.6 is 0 Å². The molecule has 0 saturated carbocycles. The molecule has 4 atom stereocenters. The molecule has 0 radical (unpaired) electrons. The van der Waals surface area contributed by atoms with Crippen LogP contribution in [0.25, 0.3) is 11.0 Å². The quantitative estimate of drug-likeness (QED) is 0.0830. The molecule has 0 aliphatic heterocycles. The van der Waals surface area contributed by atoms with E-state index in [0.717, 1.165) is 0 Å². The summed E-state index contributed by atoms with van der Waals surface area (Å²) < 4.78 is 5.20. The van der Waals surface area contributed by atoms with Crippen LogP contribution in [0, 0.1) is 12.8 Å². The Morgan fingerprint density at radius 2 is 1.49 bits per heavy atom. The SMILES string of the molecule is CC(=O)N[C@H](CC(C)C)C(=O)N[C@H](CCC(=O)O)C(=O)N[C@@H](Cc1cnc[nH]1)C(=O)N[C@H](CC(=O)O)C(=O)Nc1ccc2c(C)cc(=O)oc2c1. The number of nitrogens with one attached hydrogen (secondary N) is 6. The van der Waals surface area contributed by atoms with Gasteiger partial charge >= 0.3 is 17.6 Å². The minimum atomic E-state index is -1.66. The number of carboxylic acids is 2. The van der Waals surface area contributed by atoms with E-state index >= 15 is 0 Å². The van der Waals surface area contributed by atoms with Crippen LogP contribution in [0.2, 0.25) is 0 Å². The first kappa shape index (κ1) is 39.4. The molecule has 3 rings (SSSR count). The second-order valence-corrected chi connectivity index (χ2v) is 12.3. The summed E-state index contributed by atoms with van der Waals surface area (Å²) in [5.74, 6) is -6.87. The number of aromatic nitrogens is 2. The van der Waals surface area contributed by atoms with Gasteiger partial charge in [0, 0.05) is 54.9 Å². The van der Waals surface area contributed by atoms with Crippen molar-refractivity contribution in [1.82, 2.24) is 31.2 Å². The highest BCUT2D eigenvalue weighted by Crippen LogP contribution is 2.21. The molecule has 18 heteroatoms. The first-order valence-corrected chi connectivity index (χ1v) is 16.0. The van der Waals surface area contributed by atoms with E-state index < -0.39 is 84.1 Å². The lowest BCUT2D eigenvalue weighted by Gasteiger charge is -2.26. The van der Waals surface area contributed by atoms with Gasteiger partial charge < -0.3 is 46.2 Å². The van der Waals surface area contributed by atoms with Gasteiger partial charge in [-0.3, -0.25) is 33.6 Å². The van der Waals surface area contributed by atoms with Gasteiger partial charge in [-0.2, -0.15) is 0 Å². The zero-order valence-electron chi connectivity index (χ0n) is 28.4. The molecule has 3 aromatic rings. The Morgan fingerprint density at radius 3 is 2.10 bits per heavy atom. The summed E-state index contributed by atoms with van der Waals surface area (Å²) in [6, 6.07) is 0.107. The minimum absolute atomic E-state index is 0.0385. The lowest BCUT2D eigenvalue weighted by molar-refractivity contribution is -0.140. The largest absolute Gasteiger partial charge is 0.481 e. The standard InChI is InChI=1S/C33H41N7O11/c1-16(2)9-23(36-18(4)41)32(49)38-22(7-8-27(42)43)30(47)39-24(11-20-14-34-15-35-20)33(50)40-25(13-28(44)45)31(48)37-19-5-6-21-17(3)10-29(46)51-26(21)12-19/h5-6,10,12,14-16,22-25H,7-9,11,13H2,1-4H3,(H,34,35)(H,36,41)(H,37,48)(H,38,49)(H,39,47)(H,40,50)(H,42,43)(H,44,45)/t22-,23-,24+,25-/m1/s1. The third-order valence-corrected chi connectivity index (χ3v) is 7.52. The zero-order valence-corrected chi connectivity index (χ0v) is 28.4. The van der Waals surface area contributed by atoms with Crippen molar-refractivity contribution < 1.29 is 48.2 Å². The number of carbonyl (C=O) groups excluding carboxylic acids is 5. The Kier molecular flexibility index (Phi) is 14.0. The number of fused-ring (bicyclic) bond motifs is 1. The summed E-state index contributed by atoms with van der Waals surface area (Å²) in [6.45, 7) is 6.55. The van der Waals surface area contributed by atoms with Gasteiger partial charge in [0.05, 0.1) is 12.7 Å². The second-order valence-electron chi connectivity index (χ2n) is 12.3. The van der Waals surface area contributed by atoms with Crippen LogP contribution in [0.5, 0.6) is 0 Å². The predicted octanol–water partition coefficient (Wildman–Crippen LogP) is 0.350. The van der Waals surface area contributed by atoms with E-state index in [-0.39, 0.29) is 36.5 Å². The Labute approximate surface area is 291 Å². The van der Waals surface area contributed by atoms with Crippen LogP contribution in [0.4, 0.5) is 5.69 Å². The average Bonchev–Trinajstić information content (AvgIpc) is 3.54. The molecule has 2 heterocycles. The molecular formula is C33H41N7O11. The number of amides is 5.